The van der Waals surface area contributed by atoms with Crippen LogP contribution in [0.2, 0.25) is 0 Å². The first-order valence-corrected chi connectivity index (χ1v) is 28.6. The van der Waals surface area contributed by atoms with Gasteiger partial charge in [-0.25, -0.2) is 9.98 Å². The summed E-state index contributed by atoms with van der Waals surface area (Å²) in [6.07, 6.45) is 13.0. The largest absolute Gasteiger partial charge is 0.398 e. The number of aryl methyl sites for hydroxylation is 4. The third-order valence-corrected chi connectivity index (χ3v) is 15.8. The van der Waals surface area contributed by atoms with Crippen LogP contribution in [0, 0.1) is 27.7 Å². The van der Waals surface area contributed by atoms with E-state index in [2.05, 4.69) is 137 Å². The number of nitrogens with one attached hydrogen (secondary N) is 5. The van der Waals surface area contributed by atoms with Crippen molar-refractivity contribution in [2.75, 3.05) is 48.3 Å². The Morgan fingerprint density at radius 1 is 0.630 bits per heavy atom. The Labute approximate surface area is 476 Å². The molecule has 10 rings (SSSR count). The van der Waals surface area contributed by atoms with Crippen molar-refractivity contribution in [3.05, 3.63) is 207 Å². The minimum atomic E-state index is -0.0772. The molecule has 2 aliphatic rings. The number of rotatable bonds is 21. The summed E-state index contributed by atoms with van der Waals surface area (Å²) in [6.45, 7) is 17.7. The van der Waals surface area contributed by atoms with Crippen LogP contribution in [-0.4, -0.2) is 48.7 Å². The van der Waals surface area contributed by atoms with Crippen molar-refractivity contribution < 1.29 is 14.2 Å². The fourth-order valence-electron chi connectivity index (χ4n) is 11.0. The summed E-state index contributed by atoms with van der Waals surface area (Å²) < 4.78 is 2.29. The number of hydrogen-bond acceptors (Lipinski definition) is 9. The Balaban J connectivity index is 0.604. The predicted octanol–water partition coefficient (Wildman–Crippen LogP) is 13.8. The van der Waals surface area contributed by atoms with E-state index in [1.165, 1.54) is 5.56 Å². The second-order valence-electron chi connectivity index (χ2n) is 21.7. The van der Waals surface area contributed by atoms with Gasteiger partial charge in [-0.3, -0.25) is 9.59 Å². The molecule has 8 aromatic rings. The number of amides is 2. The van der Waals surface area contributed by atoms with E-state index in [0.717, 1.165) is 194 Å². The number of aromatic nitrogens is 2. The molecular formula is C69H75N10O2+. The number of carbonyl (C=O) groups excluding carboxylic acids is 2. The fourth-order valence-corrected chi connectivity index (χ4v) is 11.0. The minimum Gasteiger partial charge on any atom is -0.398 e. The first-order valence-electron chi connectivity index (χ1n) is 28.6. The third-order valence-electron chi connectivity index (χ3n) is 15.8. The molecule has 12 nitrogen and oxygen atoms in total. The highest BCUT2D eigenvalue weighted by Gasteiger charge is 2.26. The third kappa shape index (κ3) is 12.6. The maximum atomic E-state index is 13.0. The quantitative estimate of drug-likeness (QED) is 0.0161. The van der Waals surface area contributed by atoms with Crippen LogP contribution >= 0.6 is 0 Å². The van der Waals surface area contributed by atoms with Crippen molar-refractivity contribution in [3.63, 3.8) is 0 Å². The molecule has 2 heterocycles. The van der Waals surface area contributed by atoms with Crippen LogP contribution in [0.3, 0.4) is 0 Å². The van der Waals surface area contributed by atoms with E-state index in [9.17, 15) is 9.59 Å². The van der Waals surface area contributed by atoms with E-state index >= 15 is 0 Å². The molecule has 0 spiro atoms. The maximum absolute atomic E-state index is 13.0. The van der Waals surface area contributed by atoms with Gasteiger partial charge < -0.3 is 38.1 Å². The average molecular weight is 1080 g/mol. The highest BCUT2D eigenvalue weighted by molar-refractivity contribution is 6.13. The lowest BCUT2D eigenvalue weighted by Crippen LogP contribution is -2.34. The molecule has 0 saturated carbocycles. The second kappa shape index (κ2) is 25.0. The average Bonchev–Trinajstić information content (AvgIpc) is 3.68. The van der Waals surface area contributed by atoms with Gasteiger partial charge in [-0.2, -0.15) is 0 Å². The van der Waals surface area contributed by atoms with Gasteiger partial charge in [-0.05, 0) is 166 Å². The van der Waals surface area contributed by atoms with Gasteiger partial charge in [-0.1, -0.05) is 92.9 Å². The summed E-state index contributed by atoms with van der Waals surface area (Å²) >= 11 is 0. The number of benzene rings is 7. The Bertz CT molecular complexity index is 3780. The summed E-state index contributed by atoms with van der Waals surface area (Å²) in [4.78, 5) is 36.3. The lowest BCUT2D eigenvalue weighted by atomic mass is 9.93. The number of nitrogens with zero attached hydrogens (tertiary/aromatic N) is 3. The fraction of sp³-hybridized carbons (Fsp3) is 0.261. The van der Waals surface area contributed by atoms with Gasteiger partial charge in [0.15, 0.2) is 0 Å². The molecule has 81 heavy (non-hydrogen) atoms. The summed E-state index contributed by atoms with van der Waals surface area (Å²) in [5.41, 5.74) is 37.3. The molecule has 1 aliphatic heterocycles. The van der Waals surface area contributed by atoms with Crippen molar-refractivity contribution in [3.8, 4) is 16.8 Å². The minimum absolute atomic E-state index is 0.0762. The second-order valence-corrected chi connectivity index (χ2v) is 21.7. The molecule has 2 amide bonds. The Hall–Kier alpha value is -9.03. The molecule has 412 valence electrons. The van der Waals surface area contributed by atoms with E-state index in [-0.39, 0.29) is 11.8 Å². The zero-order valence-electron chi connectivity index (χ0n) is 47.5. The molecule has 0 bridgehead atoms. The zero-order chi connectivity index (χ0) is 56.6. The van der Waals surface area contributed by atoms with Crippen LogP contribution in [-0.2, 0) is 6.42 Å². The molecule has 7 aromatic carbocycles. The van der Waals surface area contributed by atoms with Crippen LogP contribution in [0.25, 0.3) is 38.9 Å². The molecule has 1 aliphatic carbocycles. The monoisotopic (exact) mass is 1080 g/mol. The van der Waals surface area contributed by atoms with E-state index in [0.29, 0.717) is 24.2 Å². The first-order chi connectivity index (χ1) is 39.3. The number of nitrogens with two attached hydrogens (primary N) is 2. The first kappa shape index (κ1) is 55.3. The van der Waals surface area contributed by atoms with Crippen molar-refractivity contribution in [1.82, 2.24) is 20.9 Å². The van der Waals surface area contributed by atoms with Gasteiger partial charge in [0.05, 0.1) is 17.1 Å². The highest BCUT2D eigenvalue weighted by Crippen LogP contribution is 2.44. The number of nitrogen functional groups attached to an aromatic ring is 2. The molecule has 0 saturated heterocycles. The van der Waals surface area contributed by atoms with Crippen LogP contribution in [0.5, 0.6) is 0 Å². The lowest BCUT2D eigenvalue weighted by Gasteiger charge is -2.25. The molecular weight excluding hydrogens is 1000 g/mol. The van der Waals surface area contributed by atoms with Gasteiger partial charge in [0.1, 0.15) is 11.0 Å². The number of allylic oxidation sites excluding steroid dienone is 4. The summed E-state index contributed by atoms with van der Waals surface area (Å²) in [6, 6.07) is 42.5. The van der Waals surface area contributed by atoms with Crippen molar-refractivity contribution >= 4 is 73.7 Å². The molecule has 12 heteroatoms. The highest BCUT2D eigenvalue weighted by atomic mass is 16.2. The summed E-state index contributed by atoms with van der Waals surface area (Å²) in [5.74, 6) is -0.153. The van der Waals surface area contributed by atoms with E-state index in [4.69, 9.17) is 21.4 Å². The van der Waals surface area contributed by atoms with Crippen LogP contribution in [0.1, 0.15) is 112 Å². The Kier molecular flexibility index (Phi) is 17.0. The Morgan fingerprint density at radius 2 is 1.21 bits per heavy atom. The Morgan fingerprint density at radius 3 is 1.86 bits per heavy atom. The molecule has 0 fully saturated rings. The van der Waals surface area contributed by atoms with Gasteiger partial charge >= 0.3 is 0 Å². The molecule has 0 unspecified atom stereocenters. The molecule has 0 radical (unpaired) electrons. The lowest BCUT2D eigenvalue weighted by molar-refractivity contribution is -0.538. The van der Waals surface area contributed by atoms with Gasteiger partial charge in [-0.15, -0.1) is 4.57 Å². The van der Waals surface area contributed by atoms with Gasteiger partial charge in [0, 0.05) is 101 Å². The summed E-state index contributed by atoms with van der Waals surface area (Å²) in [7, 11) is 0. The topological polar surface area (TPSA) is 175 Å². The smallest absolute Gasteiger partial charge is 0.251 e. The summed E-state index contributed by atoms with van der Waals surface area (Å²) in [5, 5.41) is 17.1. The molecule has 0 atom stereocenters. The number of para-hydroxylation sites is 2. The number of fused-ring (bicyclic) bond motifs is 4. The van der Waals surface area contributed by atoms with Crippen molar-refractivity contribution in [2.24, 2.45) is 4.99 Å². The molecule has 1 aromatic heterocycles. The van der Waals surface area contributed by atoms with Gasteiger partial charge in [0.2, 0.25) is 16.7 Å². The zero-order valence-corrected chi connectivity index (χ0v) is 47.5. The SMILES string of the molecule is C=C1C=C(NCCCCCCNC(=O)c2ccc(-c3ccc(C(=O)NCCCCCCNc4cc5c(cc4C)nc4cc(C)c(N)c(C)c4[n+]5-c4ccccc4)cc3)cc2)C(C)=CC1=Nc1cc(C)c(N)c2c1Nc1ccccc1C2. The van der Waals surface area contributed by atoms with E-state index in [1.54, 1.807) is 0 Å². The number of aliphatic imine (C=N–C) groups is 1. The molecule has 9 N–H and O–H groups in total. The van der Waals surface area contributed by atoms with Crippen molar-refractivity contribution in [2.45, 2.75) is 92.4 Å². The standard InChI is InChI=1S/C69H74N10O2/c1-43-37-59(76-61-39-47(5)65(71)55-41-53-20-14-15-23-56(53)78-66(55)61)45(3)36-57(43)72-32-16-7-9-18-34-74-68(80)51-28-24-49(25-29-51)50-26-30-52(31-27-50)69(81)75-35-19-10-8-17-33-73-58-42-63-60(38-44(58)2)77-62-40-46(4)64(70)48(6)67(62)79(63)54-21-12-11-13-22-54/h11-15,20-31,36-40,42,72,78H,3,7-10,16-19,32-35,41,71H2,1-2,4-6H3,(H4,70,73,74,75,80,81)/p+1. The predicted molar refractivity (Wildman–Crippen MR) is 336 cm³/mol. The van der Waals surface area contributed by atoms with Crippen molar-refractivity contribution in [1.29, 1.82) is 0 Å². The normalized spacial score (nSPS) is 13.3. The number of hydrogen-bond donors (Lipinski definition) is 7. The maximum Gasteiger partial charge on any atom is 0.251 e. The number of unbranched alkanes of at least 4 members (excludes halogenated alkanes) is 6. The van der Waals surface area contributed by atoms with E-state index < -0.39 is 0 Å². The number of anilines is 5. The van der Waals surface area contributed by atoms with Crippen LogP contribution in [0.4, 0.5) is 34.1 Å². The van der Waals surface area contributed by atoms with Crippen LogP contribution < -0.4 is 42.6 Å². The van der Waals surface area contributed by atoms with E-state index in [1.807, 2.05) is 74.5 Å². The van der Waals surface area contributed by atoms with Crippen LogP contribution in [0.15, 0.2) is 168 Å². The number of carbonyl (C=O) groups is 2. The van der Waals surface area contributed by atoms with Gasteiger partial charge in [0.25, 0.3) is 11.8 Å².